The standard InChI is InChI=1S/Bi.La.Ni.H2O.3H/h;;;1H2;;;. The molecule has 0 unspecified atom stereocenters. The Morgan fingerprint density at radius 2 is 1.00 bits per heavy atom. The van der Waals surface area contributed by atoms with Gasteiger partial charge in [0, 0.05) is 52.1 Å². The first-order valence-corrected chi connectivity index (χ1v) is 0. The molecule has 1 radical (unpaired) electrons. The normalized spacial score (nSPS) is 0. The average Bonchev–Trinajstić information content (AvgIpc) is 0. The molecule has 0 aromatic heterocycles. The zero-order valence-electron chi connectivity index (χ0n) is 2.10. The van der Waals surface area contributed by atoms with E-state index < -0.39 is 0 Å². The van der Waals surface area contributed by atoms with Gasteiger partial charge in [-0.3, -0.25) is 0 Å². The van der Waals surface area contributed by atoms with Crippen molar-refractivity contribution in [3.05, 3.63) is 0 Å². The molecule has 2 N–H and O–H groups in total. The largest absolute Gasteiger partial charge is 0 e. The predicted octanol–water partition coefficient (Wildman–Crippen LogP) is -2.01. The summed E-state index contributed by atoms with van der Waals surface area (Å²) in [4.78, 5) is 0. The fourth-order valence-corrected chi connectivity index (χ4v) is 0. The fourth-order valence-electron chi connectivity index (χ4n) is 0. The molecule has 0 aromatic rings. The molecule has 0 rings (SSSR count). The monoisotopic (exact) mass is 427 g/mol. The van der Waals surface area contributed by atoms with Crippen molar-refractivity contribution in [2.75, 3.05) is 0 Å². The first-order valence-electron chi connectivity index (χ1n) is 0. The molecule has 0 atom stereocenters. The van der Waals surface area contributed by atoms with E-state index in [-0.39, 0.29) is 83.8 Å². The summed E-state index contributed by atoms with van der Waals surface area (Å²) in [5, 5.41) is 0. The van der Waals surface area contributed by atoms with Gasteiger partial charge in [0.05, 0.1) is 0 Å². The minimum Gasteiger partial charge on any atom is 0 e. The van der Waals surface area contributed by atoms with Crippen LogP contribution in [-0.4, -0.2) is 31.7 Å². The van der Waals surface area contributed by atoms with Crippen molar-refractivity contribution >= 4 is 26.2 Å². The Bertz CT molecular complexity index is 8.00. The van der Waals surface area contributed by atoms with Crippen molar-refractivity contribution < 1.29 is 57.6 Å². The minimum atomic E-state index is 0. The van der Waals surface area contributed by atoms with Crippen molar-refractivity contribution in [1.82, 2.24) is 0 Å². The fraction of sp³-hybridized carbons (Fsp3) is 0. The molecule has 0 saturated carbocycles. The number of hydrogen-bond acceptors (Lipinski definition) is 0. The molecule has 0 aliphatic carbocycles. The second kappa shape index (κ2) is 17.7. The van der Waals surface area contributed by atoms with Crippen LogP contribution in [0.1, 0.15) is 0 Å². The molecule has 0 bridgehead atoms. The van der Waals surface area contributed by atoms with Crippen LogP contribution in [0.4, 0.5) is 0 Å². The number of rotatable bonds is 0. The van der Waals surface area contributed by atoms with Gasteiger partial charge >= 0.3 is 26.2 Å². The predicted molar refractivity (Wildman–Crippen MR) is 13.6 cm³/mol. The van der Waals surface area contributed by atoms with E-state index in [1.54, 1.807) is 0 Å². The van der Waals surface area contributed by atoms with E-state index in [1.165, 1.54) is 0 Å². The van der Waals surface area contributed by atoms with E-state index in [2.05, 4.69) is 0 Å². The van der Waals surface area contributed by atoms with Gasteiger partial charge in [-0.2, -0.15) is 0 Å². The van der Waals surface area contributed by atoms with Gasteiger partial charge in [-0.25, -0.2) is 0 Å². The SMILES string of the molecule is O.[BiH3].[La].[Ni]. The third-order valence-corrected chi connectivity index (χ3v) is 0. The summed E-state index contributed by atoms with van der Waals surface area (Å²) < 4.78 is 0. The third-order valence-electron chi connectivity index (χ3n) is 0. The topological polar surface area (TPSA) is 31.5 Å². The Balaban J connectivity index is 0. The van der Waals surface area contributed by atoms with Gasteiger partial charge in [0.25, 0.3) is 0 Å². The Labute approximate surface area is 82.2 Å². The molecule has 1 nitrogen and oxygen atoms in total. The third kappa shape index (κ3) is 8.82. The van der Waals surface area contributed by atoms with Crippen LogP contribution in [0.15, 0.2) is 0 Å². The Morgan fingerprint density at radius 3 is 1.00 bits per heavy atom. The van der Waals surface area contributed by atoms with E-state index in [1.807, 2.05) is 0 Å². The van der Waals surface area contributed by atoms with Gasteiger partial charge in [-0.15, -0.1) is 0 Å². The van der Waals surface area contributed by atoms with Crippen LogP contribution < -0.4 is 0 Å². The summed E-state index contributed by atoms with van der Waals surface area (Å²) in [6, 6.07) is 0. The second-order valence-electron chi connectivity index (χ2n) is 0. The van der Waals surface area contributed by atoms with Crippen LogP contribution in [0.2, 0.25) is 0 Å². The first kappa shape index (κ1) is 31.2. The minimum absolute atomic E-state index is 0. The van der Waals surface area contributed by atoms with Crippen LogP contribution in [0.3, 0.4) is 0 Å². The molecule has 0 spiro atoms. The molecule has 0 aromatic carbocycles. The molecule has 0 amide bonds. The van der Waals surface area contributed by atoms with Crippen molar-refractivity contribution in [3.63, 3.8) is 0 Å². The Kier molecular flexibility index (Phi) is 138. The van der Waals surface area contributed by atoms with Gasteiger partial charge in [0.15, 0.2) is 0 Å². The zero-order chi connectivity index (χ0) is 0. The number of hydrogen-bond donors (Lipinski definition) is 0. The zero-order valence-corrected chi connectivity index (χ0v) is 12.2. The quantitative estimate of drug-likeness (QED) is 0.400. The summed E-state index contributed by atoms with van der Waals surface area (Å²) in [6.45, 7) is 0. The molecule has 4 heteroatoms. The average molecular weight is 428 g/mol. The summed E-state index contributed by atoms with van der Waals surface area (Å²) in [5.41, 5.74) is 0. The van der Waals surface area contributed by atoms with Crippen molar-refractivity contribution in [3.8, 4) is 0 Å². The van der Waals surface area contributed by atoms with E-state index >= 15 is 0 Å². The van der Waals surface area contributed by atoms with Gasteiger partial charge < -0.3 is 5.48 Å². The van der Waals surface area contributed by atoms with Gasteiger partial charge in [0.1, 0.15) is 0 Å². The van der Waals surface area contributed by atoms with Gasteiger partial charge in [-0.05, 0) is 0 Å². The van der Waals surface area contributed by atoms with Crippen LogP contribution in [0, 0.1) is 35.6 Å². The maximum Gasteiger partial charge on any atom is 0 e. The summed E-state index contributed by atoms with van der Waals surface area (Å²) in [7, 11) is 0. The molecule has 4 heavy (non-hydrogen) atoms. The smallest absolute Gasteiger partial charge is 0 e. The van der Waals surface area contributed by atoms with E-state index in [9.17, 15) is 0 Å². The molecule has 29 valence electrons. The van der Waals surface area contributed by atoms with Crippen LogP contribution >= 0.6 is 0 Å². The van der Waals surface area contributed by atoms with Crippen molar-refractivity contribution in [1.29, 1.82) is 0 Å². The molecular weight excluding hydrogens is 423 g/mol. The Morgan fingerprint density at radius 1 is 1.00 bits per heavy atom. The van der Waals surface area contributed by atoms with Crippen molar-refractivity contribution in [2.45, 2.75) is 0 Å². The maximum atomic E-state index is 0. The molecular formula is H5BiLaNiO. The van der Waals surface area contributed by atoms with Crippen LogP contribution in [0.5, 0.6) is 0 Å². The van der Waals surface area contributed by atoms with E-state index in [4.69, 9.17) is 0 Å². The molecule has 0 saturated heterocycles. The maximum absolute atomic E-state index is 0. The molecule has 0 heterocycles. The van der Waals surface area contributed by atoms with Gasteiger partial charge in [0.2, 0.25) is 0 Å². The summed E-state index contributed by atoms with van der Waals surface area (Å²) in [5.74, 6) is 0. The second-order valence-corrected chi connectivity index (χ2v) is 0. The van der Waals surface area contributed by atoms with Crippen molar-refractivity contribution in [2.24, 2.45) is 0 Å². The van der Waals surface area contributed by atoms with Crippen LogP contribution in [-0.2, 0) is 16.5 Å². The summed E-state index contributed by atoms with van der Waals surface area (Å²) in [6.07, 6.45) is 0. The Hall–Kier alpha value is 2.53. The van der Waals surface area contributed by atoms with Gasteiger partial charge in [-0.1, -0.05) is 0 Å². The molecule has 0 aliphatic rings. The first-order chi connectivity index (χ1) is 0. The van der Waals surface area contributed by atoms with E-state index in [0.717, 1.165) is 0 Å². The molecule has 0 aliphatic heterocycles. The van der Waals surface area contributed by atoms with E-state index in [0.29, 0.717) is 0 Å². The molecule has 0 fully saturated rings. The summed E-state index contributed by atoms with van der Waals surface area (Å²) >= 11 is 0. The van der Waals surface area contributed by atoms with Crippen LogP contribution in [0.25, 0.3) is 0 Å².